The first kappa shape index (κ1) is 15.6. The van der Waals surface area contributed by atoms with E-state index in [0.29, 0.717) is 16.3 Å². The number of hydrogen-bond donors (Lipinski definition) is 1. The van der Waals surface area contributed by atoms with Crippen molar-refractivity contribution in [2.45, 2.75) is 25.3 Å². The second-order valence-electron chi connectivity index (χ2n) is 5.87. The number of rotatable bonds is 5. The van der Waals surface area contributed by atoms with Crippen LogP contribution >= 0.6 is 11.6 Å². The molecule has 0 radical (unpaired) electrons. The molecule has 1 heterocycles. The van der Waals surface area contributed by atoms with Crippen molar-refractivity contribution in [1.82, 2.24) is 10.3 Å². The zero-order valence-corrected chi connectivity index (χ0v) is 13.4. The highest BCUT2D eigenvalue weighted by Crippen LogP contribution is 2.39. The smallest absolute Gasteiger partial charge is 0.259 e. The van der Waals surface area contributed by atoms with E-state index in [1.54, 1.807) is 31.3 Å². The molecule has 1 atom stereocenters. The third-order valence-electron chi connectivity index (χ3n) is 4.06. The zero-order valence-electron chi connectivity index (χ0n) is 12.7. The van der Waals surface area contributed by atoms with Crippen LogP contribution in [0.3, 0.4) is 0 Å². The van der Waals surface area contributed by atoms with Crippen LogP contribution in [0.1, 0.15) is 19.8 Å². The van der Waals surface area contributed by atoms with Crippen LogP contribution in [0.15, 0.2) is 30.5 Å². The van der Waals surface area contributed by atoms with E-state index in [2.05, 4.69) is 16.4 Å². The number of aromatic nitrogens is 1. The van der Waals surface area contributed by atoms with Crippen molar-refractivity contribution >= 4 is 28.4 Å². The van der Waals surface area contributed by atoms with E-state index < -0.39 is 5.54 Å². The van der Waals surface area contributed by atoms with Crippen molar-refractivity contribution in [2.75, 3.05) is 6.61 Å². The number of ether oxygens (including phenoxy) is 1. The van der Waals surface area contributed by atoms with Crippen LogP contribution < -0.4 is 10.1 Å². The average molecular weight is 330 g/mol. The average Bonchev–Trinajstić information content (AvgIpc) is 3.40. The second kappa shape index (κ2) is 6.05. The number of nitriles is 1. The number of carbonyl (C=O) groups excluding carboxylic acids is 1. The first-order valence-corrected chi connectivity index (χ1v) is 7.79. The predicted octanol–water partition coefficient (Wildman–Crippen LogP) is 3.08. The van der Waals surface area contributed by atoms with Gasteiger partial charge in [-0.25, -0.2) is 0 Å². The molecule has 2 aromatic rings. The van der Waals surface area contributed by atoms with Crippen molar-refractivity contribution in [2.24, 2.45) is 5.92 Å². The normalized spacial score (nSPS) is 16.4. The van der Waals surface area contributed by atoms with Gasteiger partial charge >= 0.3 is 0 Å². The van der Waals surface area contributed by atoms with Gasteiger partial charge in [0.05, 0.1) is 11.1 Å². The number of pyridine rings is 1. The summed E-state index contributed by atoms with van der Waals surface area (Å²) in [4.78, 5) is 16.3. The molecule has 1 aliphatic carbocycles. The Morgan fingerprint density at radius 2 is 2.30 bits per heavy atom. The van der Waals surface area contributed by atoms with E-state index in [9.17, 15) is 10.1 Å². The summed E-state index contributed by atoms with van der Waals surface area (Å²) in [5, 5.41) is 13.4. The van der Waals surface area contributed by atoms with Gasteiger partial charge in [-0.05, 0) is 49.9 Å². The first-order chi connectivity index (χ1) is 11.0. The van der Waals surface area contributed by atoms with Gasteiger partial charge in [0.25, 0.3) is 5.91 Å². The van der Waals surface area contributed by atoms with Crippen molar-refractivity contribution in [3.05, 3.63) is 35.5 Å². The first-order valence-electron chi connectivity index (χ1n) is 7.42. The third kappa shape index (κ3) is 3.22. The predicted molar refractivity (Wildman–Crippen MR) is 87.1 cm³/mol. The molecule has 5 nitrogen and oxygen atoms in total. The number of halogens is 1. The largest absolute Gasteiger partial charge is 0.481 e. The van der Waals surface area contributed by atoms with Gasteiger partial charge in [0, 0.05) is 11.6 Å². The number of nitrogens with one attached hydrogen (secondary N) is 1. The number of fused-ring (bicyclic) bond motifs is 1. The molecule has 0 aliphatic heterocycles. The van der Waals surface area contributed by atoms with Gasteiger partial charge in [-0.2, -0.15) is 5.26 Å². The fourth-order valence-electron chi connectivity index (χ4n) is 2.58. The molecule has 118 valence electrons. The molecule has 0 spiro atoms. The van der Waals surface area contributed by atoms with Crippen LogP contribution in [-0.2, 0) is 4.79 Å². The van der Waals surface area contributed by atoms with E-state index in [4.69, 9.17) is 16.3 Å². The van der Waals surface area contributed by atoms with Crippen LogP contribution in [0.25, 0.3) is 10.9 Å². The van der Waals surface area contributed by atoms with Crippen molar-refractivity contribution < 1.29 is 9.53 Å². The van der Waals surface area contributed by atoms with E-state index in [1.165, 1.54) is 0 Å². The van der Waals surface area contributed by atoms with Gasteiger partial charge in [0.1, 0.15) is 16.8 Å². The molecular weight excluding hydrogens is 314 g/mol. The summed E-state index contributed by atoms with van der Waals surface area (Å²) >= 11 is 6.13. The Kier molecular flexibility index (Phi) is 4.10. The summed E-state index contributed by atoms with van der Waals surface area (Å²) in [5.74, 6) is 0.402. The molecule has 6 heteroatoms. The topological polar surface area (TPSA) is 75.0 Å². The number of carbonyl (C=O) groups is 1. The lowest BCUT2D eigenvalue weighted by Crippen LogP contribution is -2.48. The molecule has 0 unspecified atom stereocenters. The molecule has 1 aromatic carbocycles. The van der Waals surface area contributed by atoms with E-state index in [-0.39, 0.29) is 18.4 Å². The molecule has 0 bridgehead atoms. The highest BCUT2D eigenvalue weighted by atomic mass is 35.5. The second-order valence-corrected chi connectivity index (χ2v) is 6.28. The minimum atomic E-state index is -0.819. The van der Waals surface area contributed by atoms with Gasteiger partial charge < -0.3 is 10.1 Å². The fraction of sp³-hybridized carbons (Fsp3) is 0.353. The van der Waals surface area contributed by atoms with Crippen molar-refractivity contribution in [3.8, 4) is 11.8 Å². The summed E-state index contributed by atoms with van der Waals surface area (Å²) in [6, 6.07) is 9.22. The summed E-state index contributed by atoms with van der Waals surface area (Å²) in [6.45, 7) is 1.58. The van der Waals surface area contributed by atoms with E-state index in [0.717, 1.165) is 18.2 Å². The van der Waals surface area contributed by atoms with Gasteiger partial charge in [-0.3, -0.25) is 9.78 Å². The molecule has 1 fully saturated rings. The van der Waals surface area contributed by atoms with E-state index >= 15 is 0 Å². The maximum absolute atomic E-state index is 12.1. The third-order valence-corrected chi connectivity index (χ3v) is 4.39. The minimum Gasteiger partial charge on any atom is -0.481 e. The number of hydrogen-bond acceptors (Lipinski definition) is 4. The molecule has 1 saturated carbocycles. The van der Waals surface area contributed by atoms with Gasteiger partial charge in [-0.1, -0.05) is 11.6 Å². The molecule has 1 amide bonds. The molecule has 0 saturated heterocycles. The standard InChI is InChI=1S/C17H16ClN3O2/c1-17(10-19,11-4-5-11)21-15(22)9-23-14-7-6-13(18)12-3-2-8-20-16(12)14/h2-3,6-8,11H,4-5,9H2,1H3,(H,21,22)/t17-/m0/s1. The number of nitrogens with zero attached hydrogens (tertiary/aromatic N) is 2. The van der Waals surface area contributed by atoms with Crippen LogP contribution in [-0.4, -0.2) is 23.0 Å². The Morgan fingerprint density at radius 1 is 1.52 bits per heavy atom. The number of benzene rings is 1. The van der Waals surface area contributed by atoms with Crippen molar-refractivity contribution in [3.63, 3.8) is 0 Å². The lowest BCUT2D eigenvalue weighted by Gasteiger charge is -2.22. The van der Waals surface area contributed by atoms with Crippen LogP contribution in [0, 0.1) is 17.2 Å². The zero-order chi connectivity index (χ0) is 16.4. The Morgan fingerprint density at radius 3 is 3.00 bits per heavy atom. The molecule has 1 N–H and O–H groups in total. The van der Waals surface area contributed by atoms with E-state index in [1.807, 2.05) is 6.07 Å². The summed E-state index contributed by atoms with van der Waals surface area (Å²) in [6.07, 6.45) is 3.58. The molecule has 23 heavy (non-hydrogen) atoms. The SMILES string of the molecule is C[C@@](C#N)(NC(=O)COc1ccc(Cl)c2cccnc12)C1CC1. The molecular formula is C17H16ClN3O2. The maximum atomic E-state index is 12.1. The Labute approximate surface area is 139 Å². The minimum absolute atomic E-state index is 0.169. The van der Waals surface area contributed by atoms with Gasteiger partial charge in [-0.15, -0.1) is 0 Å². The highest BCUT2D eigenvalue weighted by Gasteiger charge is 2.43. The fourth-order valence-corrected chi connectivity index (χ4v) is 2.79. The molecule has 1 aromatic heterocycles. The summed E-state index contributed by atoms with van der Waals surface area (Å²) in [5.41, 5.74) is -0.209. The summed E-state index contributed by atoms with van der Waals surface area (Å²) < 4.78 is 5.58. The number of amides is 1. The Bertz CT molecular complexity index is 798. The van der Waals surface area contributed by atoms with Crippen molar-refractivity contribution in [1.29, 1.82) is 5.26 Å². The maximum Gasteiger partial charge on any atom is 0.259 e. The van der Waals surface area contributed by atoms with Gasteiger partial charge in [0.15, 0.2) is 6.61 Å². The van der Waals surface area contributed by atoms with Gasteiger partial charge in [0.2, 0.25) is 0 Å². The highest BCUT2D eigenvalue weighted by molar-refractivity contribution is 6.35. The van der Waals surface area contributed by atoms with Crippen LogP contribution in [0.2, 0.25) is 5.02 Å². The summed E-state index contributed by atoms with van der Waals surface area (Å²) in [7, 11) is 0. The monoisotopic (exact) mass is 329 g/mol. The molecule has 3 rings (SSSR count). The lowest BCUT2D eigenvalue weighted by atomic mass is 9.98. The Hall–Kier alpha value is -2.32. The Balaban J connectivity index is 1.70. The van der Waals surface area contributed by atoms with Crippen LogP contribution in [0.4, 0.5) is 0 Å². The quantitative estimate of drug-likeness (QED) is 0.914. The lowest BCUT2D eigenvalue weighted by molar-refractivity contribution is -0.124. The molecule has 1 aliphatic rings. The van der Waals surface area contributed by atoms with Crippen LogP contribution in [0.5, 0.6) is 5.75 Å².